The molecule has 0 radical (unpaired) electrons. The number of amides is 1. The molecule has 0 aliphatic carbocycles. The van der Waals surface area contributed by atoms with E-state index in [0.717, 1.165) is 19.4 Å². The zero-order valence-electron chi connectivity index (χ0n) is 17.3. The molecular formula is C23H21ClFNO4S2. The van der Waals surface area contributed by atoms with Crippen molar-refractivity contribution in [3.63, 3.8) is 0 Å². The Hall–Kier alpha value is -2.13. The zero-order valence-corrected chi connectivity index (χ0v) is 19.7. The fourth-order valence-electron chi connectivity index (χ4n) is 3.55. The molecule has 9 heteroatoms. The van der Waals surface area contributed by atoms with Crippen LogP contribution in [0.1, 0.15) is 24.0 Å². The van der Waals surface area contributed by atoms with Gasteiger partial charge in [0.15, 0.2) is 11.5 Å². The average Bonchev–Trinajstić information content (AvgIpc) is 3.37. The summed E-state index contributed by atoms with van der Waals surface area (Å²) < 4.78 is 30.8. The predicted octanol–water partition coefficient (Wildman–Crippen LogP) is 5.45. The average molecular weight is 494 g/mol. The van der Waals surface area contributed by atoms with E-state index >= 15 is 0 Å². The van der Waals surface area contributed by atoms with Crippen molar-refractivity contribution in [2.24, 2.45) is 0 Å². The van der Waals surface area contributed by atoms with Crippen LogP contribution in [0.5, 0.6) is 11.5 Å². The quantitative estimate of drug-likeness (QED) is 0.378. The fraction of sp³-hybridized carbons (Fsp3) is 0.304. The first-order valence-corrected chi connectivity index (χ1v) is 11.7. The number of hydrogen-bond donors (Lipinski definition) is 0. The molecule has 1 atom stereocenters. The van der Waals surface area contributed by atoms with Gasteiger partial charge in [-0.1, -0.05) is 47.7 Å². The van der Waals surface area contributed by atoms with Crippen LogP contribution in [-0.4, -0.2) is 41.5 Å². The van der Waals surface area contributed by atoms with E-state index in [9.17, 15) is 9.18 Å². The van der Waals surface area contributed by atoms with Crippen molar-refractivity contribution >= 4 is 51.9 Å². The van der Waals surface area contributed by atoms with Gasteiger partial charge in [0.05, 0.1) is 29.7 Å². The van der Waals surface area contributed by atoms with Crippen LogP contribution in [0.2, 0.25) is 5.02 Å². The lowest BCUT2D eigenvalue weighted by Gasteiger charge is -2.18. The van der Waals surface area contributed by atoms with Crippen molar-refractivity contribution in [3.8, 4) is 11.5 Å². The molecule has 0 unspecified atom stereocenters. The number of halogens is 2. The van der Waals surface area contributed by atoms with Crippen LogP contribution in [0.3, 0.4) is 0 Å². The van der Waals surface area contributed by atoms with Gasteiger partial charge in [0.25, 0.3) is 5.91 Å². The molecule has 32 heavy (non-hydrogen) atoms. The molecule has 0 N–H and O–H groups in total. The van der Waals surface area contributed by atoms with Gasteiger partial charge in [-0.2, -0.15) is 0 Å². The molecule has 0 bridgehead atoms. The van der Waals surface area contributed by atoms with E-state index in [-0.39, 0.29) is 24.4 Å². The van der Waals surface area contributed by atoms with E-state index in [4.69, 9.17) is 38.0 Å². The molecule has 2 aromatic rings. The third-order valence-electron chi connectivity index (χ3n) is 5.11. The minimum absolute atomic E-state index is 0.0286. The van der Waals surface area contributed by atoms with Crippen molar-refractivity contribution in [2.45, 2.75) is 25.6 Å². The Balaban J connectivity index is 1.51. The molecule has 168 valence electrons. The smallest absolute Gasteiger partial charge is 0.266 e. The van der Waals surface area contributed by atoms with Gasteiger partial charge in [-0.3, -0.25) is 9.69 Å². The summed E-state index contributed by atoms with van der Waals surface area (Å²) in [7, 11) is 1.51. The molecule has 1 amide bonds. The normalized spacial score (nSPS) is 19.8. The SMILES string of the molecule is COc1cc(/C=C2\SC(=S)N(C[C@@H]3CCCO3)C2=O)cc(Cl)c1OCc1cccc(F)c1. The van der Waals surface area contributed by atoms with E-state index in [1.807, 2.05) is 0 Å². The monoisotopic (exact) mass is 493 g/mol. The molecule has 2 aliphatic rings. The van der Waals surface area contributed by atoms with Crippen molar-refractivity contribution < 1.29 is 23.4 Å². The van der Waals surface area contributed by atoms with Crippen LogP contribution in [0.15, 0.2) is 41.3 Å². The Morgan fingerprint density at radius 1 is 1.38 bits per heavy atom. The van der Waals surface area contributed by atoms with Crippen LogP contribution in [0.25, 0.3) is 6.08 Å². The van der Waals surface area contributed by atoms with Crippen molar-refractivity contribution in [3.05, 3.63) is 63.3 Å². The van der Waals surface area contributed by atoms with E-state index in [1.165, 1.54) is 31.0 Å². The lowest BCUT2D eigenvalue weighted by Crippen LogP contribution is -2.35. The van der Waals surface area contributed by atoms with E-state index < -0.39 is 0 Å². The maximum atomic E-state index is 13.4. The molecule has 2 heterocycles. The number of carbonyl (C=O) groups excluding carboxylic acids is 1. The number of carbonyl (C=O) groups is 1. The van der Waals surface area contributed by atoms with Crippen molar-refractivity contribution in [1.29, 1.82) is 0 Å². The molecule has 0 aromatic heterocycles. The van der Waals surface area contributed by atoms with Gasteiger partial charge in [-0.25, -0.2) is 4.39 Å². The summed E-state index contributed by atoms with van der Waals surface area (Å²) in [6.07, 6.45) is 3.70. The Kier molecular flexibility index (Phi) is 7.35. The van der Waals surface area contributed by atoms with Gasteiger partial charge in [-0.05, 0) is 54.3 Å². The summed E-state index contributed by atoms with van der Waals surface area (Å²) in [5.74, 6) is 0.282. The zero-order chi connectivity index (χ0) is 22.7. The summed E-state index contributed by atoms with van der Waals surface area (Å²) in [6.45, 7) is 1.33. The highest BCUT2D eigenvalue weighted by atomic mass is 35.5. The van der Waals surface area contributed by atoms with Crippen LogP contribution in [0.4, 0.5) is 4.39 Å². The summed E-state index contributed by atoms with van der Waals surface area (Å²) in [5, 5.41) is 0.321. The Bertz CT molecular complexity index is 1070. The van der Waals surface area contributed by atoms with Crippen LogP contribution < -0.4 is 9.47 Å². The highest BCUT2D eigenvalue weighted by molar-refractivity contribution is 8.26. The van der Waals surface area contributed by atoms with E-state index in [0.29, 0.717) is 43.4 Å². The first-order valence-electron chi connectivity index (χ1n) is 10.1. The molecule has 2 aromatic carbocycles. The van der Waals surface area contributed by atoms with Crippen LogP contribution in [0, 0.1) is 5.82 Å². The summed E-state index contributed by atoms with van der Waals surface area (Å²) >= 11 is 13.1. The second kappa shape index (κ2) is 10.2. The molecule has 5 nitrogen and oxygen atoms in total. The number of rotatable bonds is 7. The molecule has 4 rings (SSSR count). The lowest BCUT2D eigenvalue weighted by molar-refractivity contribution is -0.123. The number of nitrogens with zero attached hydrogens (tertiary/aromatic N) is 1. The largest absolute Gasteiger partial charge is 0.493 e. The second-order valence-electron chi connectivity index (χ2n) is 7.38. The lowest BCUT2D eigenvalue weighted by atomic mass is 10.1. The van der Waals surface area contributed by atoms with Crippen LogP contribution >= 0.6 is 35.6 Å². The third kappa shape index (κ3) is 5.26. The van der Waals surface area contributed by atoms with Crippen LogP contribution in [-0.2, 0) is 16.1 Å². The van der Waals surface area contributed by atoms with Crippen molar-refractivity contribution in [1.82, 2.24) is 4.90 Å². The maximum absolute atomic E-state index is 13.4. The third-order valence-corrected chi connectivity index (χ3v) is 6.76. The topological polar surface area (TPSA) is 48.0 Å². The minimum Gasteiger partial charge on any atom is -0.493 e. The van der Waals surface area contributed by atoms with Gasteiger partial charge < -0.3 is 14.2 Å². The molecule has 0 saturated carbocycles. The first-order chi connectivity index (χ1) is 15.4. The Labute approximate surface area is 200 Å². The number of methoxy groups -OCH3 is 1. The standard InChI is InChI=1S/C23H21ClFNO4S2/c1-28-19-10-15(9-18(24)21(19)30-13-14-4-2-5-16(25)8-14)11-20-22(27)26(23(31)32-20)12-17-6-3-7-29-17/h2,4-5,8-11,17H,3,6-7,12-13H2,1H3/b20-11-/t17-/m0/s1. The maximum Gasteiger partial charge on any atom is 0.266 e. The molecular weight excluding hydrogens is 473 g/mol. The molecule has 2 aliphatic heterocycles. The number of benzene rings is 2. The first kappa shape index (κ1) is 23.0. The van der Waals surface area contributed by atoms with Gasteiger partial charge in [-0.15, -0.1) is 0 Å². The van der Waals surface area contributed by atoms with Gasteiger partial charge in [0, 0.05) is 6.61 Å². The number of thioether (sulfide) groups is 1. The van der Waals surface area contributed by atoms with Gasteiger partial charge >= 0.3 is 0 Å². The number of thiocarbonyl (C=S) groups is 1. The Morgan fingerprint density at radius 3 is 2.94 bits per heavy atom. The van der Waals surface area contributed by atoms with Gasteiger partial charge in [0.2, 0.25) is 0 Å². The van der Waals surface area contributed by atoms with Crippen molar-refractivity contribution in [2.75, 3.05) is 20.3 Å². The summed E-state index contributed by atoms with van der Waals surface area (Å²) in [6, 6.07) is 9.57. The summed E-state index contributed by atoms with van der Waals surface area (Å²) in [5.41, 5.74) is 1.35. The second-order valence-corrected chi connectivity index (χ2v) is 9.46. The number of ether oxygens (including phenoxy) is 3. The number of hydrogen-bond acceptors (Lipinski definition) is 6. The molecule has 2 saturated heterocycles. The molecule has 0 spiro atoms. The fourth-order valence-corrected chi connectivity index (χ4v) is 5.09. The van der Waals surface area contributed by atoms with E-state index in [2.05, 4.69) is 0 Å². The highest BCUT2D eigenvalue weighted by Crippen LogP contribution is 2.39. The minimum atomic E-state index is -0.337. The summed E-state index contributed by atoms with van der Waals surface area (Å²) in [4.78, 5) is 15.0. The highest BCUT2D eigenvalue weighted by Gasteiger charge is 2.34. The molecule has 2 fully saturated rings. The van der Waals surface area contributed by atoms with E-state index in [1.54, 1.807) is 35.2 Å². The Morgan fingerprint density at radius 2 is 2.22 bits per heavy atom. The predicted molar refractivity (Wildman–Crippen MR) is 128 cm³/mol. The van der Waals surface area contributed by atoms with Gasteiger partial charge in [0.1, 0.15) is 16.7 Å².